The molecule has 1 atom stereocenters. The molecular formula is C12H19NO2S. The van der Waals surface area contributed by atoms with E-state index >= 15 is 0 Å². The zero-order chi connectivity index (χ0) is 11.4. The van der Waals surface area contributed by atoms with Crippen molar-refractivity contribution in [2.45, 2.75) is 31.8 Å². The van der Waals surface area contributed by atoms with E-state index in [-0.39, 0.29) is 6.61 Å². The highest BCUT2D eigenvalue weighted by Crippen LogP contribution is 2.34. The quantitative estimate of drug-likeness (QED) is 0.767. The molecule has 0 spiro atoms. The Labute approximate surface area is 100 Å². The summed E-state index contributed by atoms with van der Waals surface area (Å²) < 4.78 is 5.27. The average molecular weight is 241 g/mol. The first-order valence-electron chi connectivity index (χ1n) is 5.79. The summed E-state index contributed by atoms with van der Waals surface area (Å²) in [4.78, 5) is 1.24. The van der Waals surface area contributed by atoms with Gasteiger partial charge in [-0.15, -0.1) is 11.3 Å². The van der Waals surface area contributed by atoms with Crippen molar-refractivity contribution in [2.75, 3.05) is 13.7 Å². The number of hydrogen-bond donors (Lipinski definition) is 2. The molecule has 1 saturated carbocycles. The van der Waals surface area contributed by atoms with Gasteiger partial charge >= 0.3 is 0 Å². The van der Waals surface area contributed by atoms with Crippen LogP contribution in [0.5, 0.6) is 5.75 Å². The molecule has 16 heavy (non-hydrogen) atoms. The summed E-state index contributed by atoms with van der Waals surface area (Å²) in [6.45, 7) is 1.12. The Morgan fingerprint density at radius 3 is 3.06 bits per heavy atom. The van der Waals surface area contributed by atoms with Gasteiger partial charge in [-0.1, -0.05) is 0 Å². The van der Waals surface area contributed by atoms with E-state index in [1.165, 1.54) is 17.7 Å². The zero-order valence-corrected chi connectivity index (χ0v) is 10.4. The highest BCUT2D eigenvalue weighted by Gasteiger charge is 2.30. The molecule has 1 aliphatic carbocycles. The van der Waals surface area contributed by atoms with Gasteiger partial charge in [0.05, 0.1) is 12.0 Å². The normalized spacial score (nSPS) is 17.4. The van der Waals surface area contributed by atoms with Gasteiger partial charge in [-0.3, -0.25) is 0 Å². The van der Waals surface area contributed by atoms with Crippen LogP contribution in [-0.4, -0.2) is 24.9 Å². The van der Waals surface area contributed by atoms with E-state index in [0.29, 0.717) is 6.04 Å². The van der Waals surface area contributed by atoms with E-state index in [1.54, 1.807) is 18.4 Å². The molecule has 0 aliphatic heterocycles. The predicted molar refractivity (Wildman–Crippen MR) is 65.9 cm³/mol. The van der Waals surface area contributed by atoms with Gasteiger partial charge in [-0.25, -0.2) is 0 Å². The number of hydrogen-bond acceptors (Lipinski definition) is 4. The molecule has 0 saturated heterocycles. The Morgan fingerprint density at radius 2 is 2.44 bits per heavy atom. The lowest BCUT2D eigenvalue weighted by molar-refractivity contribution is 0.255. The van der Waals surface area contributed by atoms with Crippen molar-refractivity contribution < 1.29 is 9.84 Å². The third-order valence-corrected chi connectivity index (χ3v) is 3.98. The van der Waals surface area contributed by atoms with Crippen LogP contribution >= 0.6 is 11.3 Å². The molecule has 1 aromatic rings. The summed E-state index contributed by atoms with van der Waals surface area (Å²) in [5, 5.41) is 14.6. The topological polar surface area (TPSA) is 41.5 Å². The first-order valence-corrected chi connectivity index (χ1v) is 6.67. The number of methoxy groups -OCH3 is 1. The van der Waals surface area contributed by atoms with Crippen molar-refractivity contribution in [2.24, 2.45) is 5.92 Å². The van der Waals surface area contributed by atoms with Gasteiger partial charge < -0.3 is 15.2 Å². The van der Waals surface area contributed by atoms with Crippen molar-refractivity contribution in [3.63, 3.8) is 0 Å². The highest BCUT2D eigenvalue weighted by molar-refractivity contribution is 7.10. The number of nitrogens with one attached hydrogen (secondary N) is 1. The number of aliphatic hydroxyl groups is 1. The summed E-state index contributed by atoms with van der Waals surface area (Å²) in [7, 11) is 1.71. The largest absolute Gasteiger partial charge is 0.496 e. The molecule has 1 fully saturated rings. The minimum atomic E-state index is 0.274. The zero-order valence-electron chi connectivity index (χ0n) is 9.61. The highest BCUT2D eigenvalue weighted by atomic mass is 32.1. The van der Waals surface area contributed by atoms with Crippen molar-refractivity contribution in [1.82, 2.24) is 5.32 Å². The van der Waals surface area contributed by atoms with E-state index in [4.69, 9.17) is 9.84 Å². The molecule has 0 bridgehead atoms. The number of ether oxygens (including phenoxy) is 1. The number of rotatable bonds is 7. The molecule has 90 valence electrons. The fourth-order valence-electron chi connectivity index (χ4n) is 2.01. The van der Waals surface area contributed by atoms with E-state index in [1.807, 2.05) is 11.4 Å². The van der Waals surface area contributed by atoms with Crippen LogP contribution in [0.4, 0.5) is 0 Å². The van der Waals surface area contributed by atoms with E-state index in [9.17, 15) is 0 Å². The van der Waals surface area contributed by atoms with Crippen LogP contribution in [0.3, 0.4) is 0 Å². The summed E-state index contributed by atoms with van der Waals surface area (Å²) in [5.74, 6) is 1.74. The molecule has 0 aromatic carbocycles. The van der Waals surface area contributed by atoms with Crippen LogP contribution in [0.2, 0.25) is 0 Å². The molecule has 1 heterocycles. The smallest absolute Gasteiger partial charge is 0.134 e. The van der Waals surface area contributed by atoms with E-state index in [0.717, 1.165) is 24.6 Å². The van der Waals surface area contributed by atoms with Gasteiger partial charge in [-0.05, 0) is 36.6 Å². The average Bonchev–Trinajstić information content (AvgIpc) is 3.03. The Bertz CT molecular complexity index is 323. The summed E-state index contributed by atoms with van der Waals surface area (Å²) >= 11 is 1.72. The molecule has 1 unspecified atom stereocenters. The standard InChI is InChI=1S/C12H19NO2S/c1-15-11-5-7-16-12(11)8-13-10(4-6-14)9-2-3-9/h5,7,9-10,13-14H,2-4,6,8H2,1H3. The lowest BCUT2D eigenvalue weighted by atomic mass is 10.1. The minimum Gasteiger partial charge on any atom is -0.496 e. The minimum absolute atomic E-state index is 0.274. The summed E-state index contributed by atoms with van der Waals surface area (Å²) in [6, 6.07) is 2.47. The Morgan fingerprint density at radius 1 is 1.62 bits per heavy atom. The SMILES string of the molecule is COc1ccsc1CNC(CCO)C1CC1. The van der Waals surface area contributed by atoms with Crippen LogP contribution in [0, 0.1) is 5.92 Å². The second kappa shape index (κ2) is 5.66. The van der Waals surface area contributed by atoms with Crippen LogP contribution in [0.1, 0.15) is 24.1 Å². The lowest BCUT2D eigenvalue weighted by Gasteiger charge is -2.16. The predicted octanol–water partition coefficient (Wildman–Crippen LogP) is 2.01. The number of thiophene rings is 1. The second-order valence-corrected chi connectivity index (χ2v) is 5.25. The Balaban J connectivity index is 1.84. The third kappa shape index (κ3) is 2.97. The Kier molecular flexibility index (Phi) is 4.21. The van der Waals surface area contributed by atoms with Gasteiger partial charge in [0, 0.05) is 19.2 Å². The van der Waals surface area contributed by atoms with Gasteiger partial charge in [0.2, 0.25) is 0 Å². The molecule has 0 amide bonds. The molecule has 2 rings (SSSR count). The molecule has 4 heteroatoms. The van der Waals surface area contributed by atoms with Gasteiger partial charge in [0.1, 0.15) is 5.75 Å². The first-order chi connectivity index (χ1) is 7.85. The van der Waals surface area contributed by atoms with Crippen LogP contribution in [0.15, 0.2) is 11.4 Å². The second-order valence-electron chi connectivity index (χ2n) is 4.25. The van der Waals surface area contributed by atoms with Crippen LogP contribution in [-0.2, 0) is 6.54 Å². The first kappa shape index (κ1) is 11.9. The van der Waals surface area contributed by atoms with Crippen molar-refractivity contribution in [3.05, 3.63) is 16.3 Å². The van der Waals surface area contributed by atoms with E-state index in [2.05, 4.69) is 5.32 Å². The fraction of sp³-hybridized carbons (Fsp3) is 0.667. The van der Waals surface area contributed by atoms with Crippen molar-refractivity contribution >= 4 is 11.3 Å². The third-order valence-electron chi connectivity index (χ3n) is 3.08. The van der Waals surface area contributed by atoms with Gasteiger partial charge in [0.25, 0.3) is 0 Å². The molecule has 1 aromatic heterocycles. The van der Waals surface area contributed by atoms with Crippen LogP contribution < -0.4 is 10.1 Å². The maximum atomic E-state index is 9.01. The fourth-order valence-corrected chi connectivity index (χ4v) is 2.80. The molecule has 2 N–H and O–H groups in total. The summed E-state index contributed by atoms with van der Waals surface area (Å²) in [5.41, 5.74) is 0. The molecule has 1 aliphatic rings. The van der Waals surface area contributed by atoms with Gasteiger partial charge in [0.15, 0.2) is 0 Å². The monoisotopic (exact) mass is 241 g/mol. The van der Waals surface area contributed by atoms with Crippen molar-refractivity contribution in [3.8, 4) is 5.75 Å². The molecular weight excluding hydrogens is 222 g/mol. The Hall–Kier alpha value is -0.580. The molecule has 0 radical (unpaired) electrons. The van der Waals surface area contributed by atoms with Crippen molar-refractivity contribution in [1.29, 1.82) is 0 Å². The maximum absolute atomic E-state index is 9.01. The van der Waals surface area contributed by atoms with Gasteiger partial charge in [-0.2, -0.15) is 0 Å². The van der Waals surface area contributed by atoms with E-state index < -0.39 is 0 Å². The summed E-state index contributed by atoms with van der Waals surface area (Å²) in [6.07, 6.45) is 3.47. The maximum Gasteiger partial charge on any atom is 0.134 e. The van der Waals surface area contributed by atoms with Crippen LogP contribution in [0.25, 0.3) is 0 Å². The molecule has 3 nitrogen and oxygen atoms in total. The number of aliphatic hydroxyl groups excluding tert-OH is 1. The lowest BCUT2D eigenvalue weighted by Crippen LogP contribution is -2.31.